The van der Waals surface area contributed by atoms with Crippen molar-refractivity contribution in [2.24, 2.45) is 5.92 Å². The summed E-state index contributed by atoms with van der Waals surface area (Å²) in [5.41, 5.74) is 0.461. The Balaban J connectivity index is 1.91. The van der Waals surface area contributed by atoms with Crippen LogP contribution in [0.25, 0.3) is 0 Å². The van der Waals surface area contributed by atoms with Gasteiger partial charge in [-0.3, -0.25) is 4.79 Å². The van der Waals surface area contributed by atoms with Gasteiger partial charge in [0.15, 0.2) is 27.1 Å². The standard InChI is InChI=1S/C13H13BrO5S/c14-10-5-9(6-11-13(10)19-3-2-18-11)12(15)8-1-4-20(16,17)7-8/h5-6,8H,1-4,7H2. The lowest BCUT2D eigenvalue weighted by Crippen LogP contribution is -2.19. The fourth-order valence-corrected chi connectivity index (χ4v) is 4.79. The Bertz CT molecular complexity index is 668. The number of ketones is 1. The van der Waals surface area contributed by atoms with Crippen molar-refractivity contribution < 1.29 is 22.7 Å². The molecule has 0 amide bonds. The molecule has 5 nitrogen and oxygen atoms in total. The second kappa shape index (κ2) is 5.04. The van der Waals surface area contributed by atoms with Crippen LogP contribution in [0.3, 0.4) is 0 Å². The Kier molecular flexibility index (Phi) is 3.50. The van der Waals surface area contributed by atoms with E-state index in [4.69, 9.17) is 9.47 Å². The van der Waals surface area contributed by atoms with Crippen molar-refractivity contribution in [3.8, 4) is 11.5 Å². The monoisotopic (exact) mass is 360 g/mol. The zero-order valence-corrected chi connectivity index (χ0v) is 13.0. The lowest BCUT2D eigenvalue weighted by molar-refractivity contribution is 0.0932. The van der Waals surface area contributed by atoms with E-state index in [1.54, 1.807) is 12.1 Å². The van der Waals surface area contributed by atoms with Gasteiger partial charge in [0.2, 0.25) is 0 Å². The molecule has 0 spiro atoms. The number of fused-ring (bicyclic) bond motifs is 1. The van der Waals surface area contributed by atoms with Gasteiger partial charge >= 0.3 is 0 Å². The summed E-state index contributed by atoms with van der Waals surface area (Å²) < 4.78 is 34.5. The van der Waals surface area contributed by atoms with E-state index < -0.39 is 15.8 Å². The molecule has 0 aromatic heterocycles. The number of benzene rings is 1. The van der Waals surface area contributed by atoms with Gasteiger partial charge in [-0.25, -0.2) is 8.42 Å². The molecule has 1 aromatic carbocycles. The number of Topliss-reactive ketones (excluding diaryl/α,β-unsaturated/α-hetero) is 1. The molecular weight excluding hydrogens is 348 g/mol. The number of carbonyl (C=O) groups excluding carboxylic acids is 1. The fraction of sp³-hybridized carbons (Fsp3) is 0.462. The van der Waals surface area contributed by atoms with Gasteiger partial charge in [-0.15, -0.1) is 0 Å². The van der Waals surface area contributed by atoms with Crippen molar-refractivity contribution in [3.05, 3.63) is 22.2 Å². The SMILES string of the molecule is O=C(c1cc(Br)c2c(c1)OCCO2)C1CCS(=O)(=O)C1. The van der Waals surface area contributed by atoms with Gasteiger partial charge in [-0.05, 0) is 34.5 Å². The average molecular weight is 361 g/mol. The summed E-state index contributed by atoms with van der Waals surface area (Å²) in [7, 11) is -3.06. The summed E-state index contributed by atoms with van der Waals surface area (Å²) in [6, 6.07) is 3.30. The molecule has 1 aromatic rings. The van der Waals surface area contributed by atoms with Crippen molar-refractivity contribution in [1.29, 1.82) is 0 Å². The summed E-state index contributed by atoms with van der Waals surface area (Å²) in [5, 5.41) is 0. The van der Waals surface area contributed by atoms with Crippen LogP contribution in [0, 0.1) is 5.92 Å². The third-order valence-electron chi connectivity index (χ3n) is 3.48. The maximum Gasteiger partial charge on any atom is 0.175 e. The molecule has 0 saturated carbocycles. The summed E-state index contributed by atoms with van der Waals surface area (Å²) in [6.45, 7) is 0.911. The van der Waals surface area contributed by atoms with E-state index >= 15 is 0 Å². The number of sulfone groups is 1. The first-order valence-electron chi connectivity index (χ1n) is 6.30. The molecule has 0 aliphatic carbocycles. The van der Waals surface area contributed by atoms with Crippen LogP contribution in [0.1, 0.15) is 16.8 Å². The first-order valence-corrected chi connectivity index (χ1v) is 8.91. The minimum Gasteiger partial charge on any atom is -0.486 e. The summed E-state index contributed by atoms with van der Waals surface area (Å²) in [6.07, 6.45) is 0.396. The van der Waals surface area contributed by atoms with Gasteiger partial charge in [-0.2, -0.15) is 0 Å². The van der Waals surface area contributed by atoms with Crippen LogP contribution in [0.15, 0.2) is 16.6 Å². The van der Waals surface area contributed by atoms with Crippen LogP contribution in [-0.2, 0) is 9.84 Å². The molecular formula is C13H13BrO5S. The van der Waals surface area contributed by atoms with Crippen LogP contribution in [-0.4, -0.2) is 38.9 Å². The van der Waals surface area contributed by atoms with Crippen LogP contribution >= 0.6 is 15.9 Å². The highest BCUT2D eigenvalue weighted by Gasteiger charge is 2.34. The topological polar surface area (TPSA) is 69.7 Å². The average Bonchev–Trinajstić information content (AvgIpc) is 2.78. The highest BCUT2D eigenvalue weighted by atomic mass is 79.9. The molecule has 1 unspecified atom stereocenters. The number of halogens is 1. The van der Waals surface area contributed by atoms with E-state index in [0.717, 1.165) is 0 Å². The van der Waals surface area contributed by atoms with Crippen molar-refractivity contribution in [2.75, 3.05) is 24.7 Å². The van der Waals surface area contributed by atoms with Gasteiger partial charge in [0, 0.05) is 11.5 Å². The molecule has 0 N–H and O–H groups in total. The maximum absolute atomic E-state index is 12.4. The van der Waals surface area contributed by atoms with E-state index in [9.17, 15) is 13.2 Å². The van der Waals surface area contributed by atoms with Gasteiger partial charge in [-0.1, -0.05) is 0 Å². The van der Waals surface area contributed by atoms with Gasteiger partial charge < -0.3 is 9.47 Å². The largest absolute Gasteiger partial charge is 0.486 e. The quantitative estimate of drug-likeness (QED) is 0.752. The molecule has 108 valence electrons. The predicted octanol–water partition coefficient (Wildman–Crippen LogP) is 1.84. The van der Waals surface area contributed by atoms with E-state index in [2.05, 4.69) is 15.9 Å². The van der Waals surface area contributed by atoms with E-state index in [-0.39, 0.29) is 17.3 Å². The van der Waals surface area contributed by atoms with Crippen molar-refractivity contribution >= 4 is 31.6 Å². The van der Waals surface area contributed by atoms with Crippen LogP contribution in [0.4, 0.5) is 0 Å². The minimum atomic E-state index is -3.06. The molecule has 0 bridgehead atoms. The number of hydrogen-bond donors (Lipinski definition) is 0. The third kappa shape index (κ3) is 2.56. The Labute approximate surface area is 125 Å². The molecule has 2 aliphatic heterocycles. The molecule has 1 atom stereocenters. The van der Waals surface area contributed by atoms with E-state index in [1.807, 2.05) is 0 Å². The zero-order chi connectivity index (χ0) is 14.3. The molecule has 1 saturated heterocycles. The Morgan fingerprint density at radius 3 is 2.70 bits per heavy atom. The van der Waals surface area contributed by atoms with Crippen LogP contribution in [0.5, 0.6) is 11.5 Å². The number of rotatable bonds is 2. The Hall–Kier alpha value is -1.08. The molecule has 2 aliphatic rings. The summed E-state index contributed by atoms with van der Waals surface area (Å²) in [4.78, 5) is 12.4. The van der Waals surface area contributed by atoms with Crippen molar-refractivity contribution in [3.63, 3.8) is 0 Å². The summed E-state index contributed by atoms with van der Waals surface area (Å²) >= 11 is 3.36. The lowest BCUT2D eigenvalue weighted by atomic mass is 9.97. The number of ether oxygens (including phenoxy) is 2. The molecule has 0 radical (unpaired) electrons. The van der Waals surface area contributed by atoms with E-state index in [1.165, 1.54) is 0 Å². The first kappa shape index (κ1) is 13.9. The molecule has 3 rings (SSSR count). The Morgan fingerprint density at radius 1 is 1.25 bits per heavy atom. The fourth-order valence-electron chi connectivity index (χ4n) is 2.49. The maximum atomic E-state index is 12.4. The normalized spacial score (nSPS) is 23.6. The molecule has 7 heteroatoms. The molecule has 20 heavy (non-hydrogen) atoms. The van der Waals surface area contributed by atoms with Crippen LogP contribution < -0.4 is 9.47 Å². The zero-order valence-electron chi connectivity index (χ0n) is 10.6. The van der Waals surface area contributed by atoms with Gasteiger partial charge in [0.25, 0.3) is 0 Å². The van der Waals surface area contributed by atoms with Crippen LogP contribution in [0.2, 0.25) is 0 Å². The number of hydrogen-bond acceptors (Lipinski definition) is 5. The van der Waals surface area contributed by atoms with Crippen molar-refractivity contribution in [1.82, 2.24) is 0 Å². The summed E-state index contributed by atoms with van der Waals surface area (Å²) in [5.74, 6) is 0.549. The smallest absolute Gasteiger partial charge is 0.175 e. The second-order valence-electron chi connectivity index (χ2n) is 4.95. The predicted molar refractivity (Wildman–Crippen MR) is 76.2 cm³/mol. The number of carbonyl (C=O) groups is 1. The van der Waals surface area contributed by atoms with Crippen molar-refractivity contribution in [2.45, 2.75) is 6.42 Å². The second-order valence-corrected chi connectivity index (χ2v) is 8.03. The highest BCUT2D eigenvalue weighted by Crippen LogP contribution is 2.39. The van der Waals surface area contributed by atoms with Gasteiger partial charge in [0.05, 0.1) is 16.0 Å². The Morgan fingerprint density at radius 2 is 2.00 bits per heavy atom. The molecule has 1 fully saturated rings. The van der Waals surface area contributed by atoms with E-state index in [0.29, 0.717) is 41.2 Å². The highest BCUT2D eigenvalue weighted by molar-refractivity contribution is 9.10. The first-order chi connectivity index (χ1) is 9.46. The molecule has 2 heterocycles. The lowest BCUT2D eigenvalue weighted by Gasteiger charge is -2.20. The minimum absolute atomic E-state index is 0.0576. The van der Waals surface area contributed by atoms with Gasteiger partial charge in [0.1, 0.15) is 13.2 Å². The third-order valence-corrected chi connectivity index (χ3v) is 5.84.